The van der Waals surface area contributed by atoms with Crippen LogP contribution < -0.4 is 14.2 Å². The molecule has 0 spiro atoms. The van der Waals surface area contributed by atoms with Gasteiger partial charge in [-0.2, -0.15) is 5.26 Å². The van der Waals surface area contributed by atoms with E-state index in [1.807, 2.05) is 36.4 Å². The Labute approximate surface area is 212 Å². The highest BCUT2D eigenvalue weighted by atomic mass is 16.5. The number of methoxy groups -OCH3 is 2. The average Bonchev–Trinajstić information content (AvgIpc) is 2.87. The first-order chi connectivity index (χ1) is 17.3. The Kier molecular flexibility index (Phi) is 8.91. The zero-order valence-corrected chi connectivity index (χ0v) is 21.5. The highest BCUT2D eigenvalue weighted by Crippen LogP contribution is 2.32. The number of carbonyl (C=O) groups is 2. The van der Waals surface area contributed by atoms with Gasteiger partial charge in [0.05, 0.1) is 20.8 Å². The summed E-state index contributed by atoms with van der Waals surface area (Å²) in [6, 6.07) is 14.8. The molecule has 3 rings (SSSR count). The Hall–Kier alpha value is -4.05. The van der Waals surface area contributed by atoms with Gasteiger partial charge in [0, 0.05) is 12.1 Å². The first kappa shape index (κ1) is 26.6. The molecule has 0 atom stereocenters. The highest BCUT2D eigenvalue weighted by Gasteiger charge is 2.35. The van der Waals surface area contributed by atoms with Gasteiger partial charge >= 0.3 is 0 Å². The lowest BCUT2D eigenvalue weighted by Gasteiger charge is -2.27. The van der Waals surface area contributed by atoms with Crippen LogP contribution in [0.2, 0.25) is 0 Å². The van der Waals surface area contributed by atoms with Crippen molar-refractivity contribution in [3.8, 4) is 23.3 Å². The number of hydrogen-bond donors (Lipinski definition) is 0. The van der Waals surface area contributed by atoms with Gasteiger partial charge in [0.25, 0.3) is 11.8 Å². The molecule has 7 heteroatoms. The quantitative estimate of drug-likeness (QED) is 0.347. The Morgan fingerprint density at radius 1 is 1.00 bits per heavy atom. The fraction of sp³-hybridized carbons (Fsp3) is 0.345. The standard InChI is InChI=1S/C29H32N2O5/c1-19(2)13-15-36-26-11-8-22(17-27(26)35-5)16-24-20(3)25(18-30)29(33)31(28(24)32)14-12-21-6-9-23(34-4)10-7-21/h6-11,16-17,19H,12-15H2,1-5H3/b24-16+. The van der Waals surface area contributed by atoms with Gasteiger partial charge in [0.15, 0.2) is 11.5 Å². The van der Waals surface area contributed by atoms with E-state index in [1.165, 1.54) is 0 Å². The van der Waals surface area contributed by atoms with Crippen LogP contribution in [0.15, 0.2) is 59.2 Å². The summed E-state index contributed by atoms with van der Waals surface area (Å²) in [7, 11) is 3.15. The zero-order valence-electron chi connectivity index (χ0n) is 21.5. The van der Waals surface area contributed by atoms with Crippen molar-refractivity contribution in [2.24, 2.45) is 5.92 Å². The van der Waals surface area contributed by atoms with Crippen LogP contribution in [-0.2, 0) is 16.0 Å². The third-order valence-electron chi connectivity index (χ3n) is 6.06. The van der Waals surface area contributed by atoms with E-state index in [0.717, 1.165) is 22.6 Å². The van der Waals surface area contributed by atoms with Gasteiger partial charge in [0.1, 0.15) is 17.4 Å². The molecule has 0 unspecified atom stereocenters. The van der Waals surface area contributed by atoms with Crippen molar-refractivity contribution in [2.75, 3.05) is 27.4 Å². The molecule has 0 radical (unpaired) electrons. The zero-order chi connectivity index (χ0) is 26.2. The molecule has 0 aromatic heterocycles. The number of hydrogen-bond acceptors (Lipinski definition) is 6. The third kappa shape index (κ3) is 6.14. The molecule has 0 N–H and O–H groups in total. The normalized spacial score (nSPS) is 14.9. The lowest BCUT2D eigenvalue weighted by molar-refractivity contribution is -0.140. The van der Waals surface area contributed by atoms with Crippen molar-refractivity contribution >= 4 is 17.9 Å². The van der Waals surface area contributed by atoms with E-state index in [4.69, 9.17) is 14.2 Å². The number of ether oxygens (including phenoxy) is 3. The highest BCUT2D eigenvalue weighted by molar-refractivity contribution is 6.19. The van der Waals surface area contributed by atoms with E-state index in [-0.39, 0.29) is 12.1 Å². The van der Waals surface area contributed by atoms with Crippen molar-refractivity contribution in [2.45, 2.75) is 33.6 Å². The molecule has 0 fully saturated rings. The summed E-state index contributed by atoms with van der Waals surface area (Å²) in [5.41, 5.74) is 2.29. The predicted molar refractivity (Wildman–Crippen MR) is 138 cm³/mol. The molecule has 0 bridgehead atoms. The van der Waals surface area contributed by atoms with Gasteiger partial charge in [-0.25, -0.2) is 0 Å². The molecule has 2 aromatic carbocycles. The number of amides is 2. The maximum Gasteiger partial charge on any atom is 0.271 e. The molecular formula is C29H32N2O5. The summed E-state index contributed by atoms with van der Waals surface area (Å²) in [4.78, 5) is 27.5. The molecular weight excluding hydrogens is 456 g/mol. The summed E-state index contributed by atoms with van der Waals surface area (Å²) in [6.07, 6.45) is 3.07. The Morgan fingerprint density at radius 3 is 2.33 bits per heavy atom. The van der Waals surface area contributed by atoms with Crippen molar-refractivity contribution in [1.29, 1.82) is 5.26 Å². The van der Waals surface area contributed by atoms with Gasteiger partial charge in [-0.3, -0.25) is 14.5 Å². The number of nitrogens with zero attached hydrogens (tertiary/aromatic N) is 2. The van der Waals surface area contributed by atoms with Crippen LogP contribution in [0.3, 0.4) is 0 Å². The molecule has 188 valence electrons. The summed E-state index contributed by atoms with van der Waals surface area (Å²) in [6.45, 7) is 6.62. The lowest BCUT2D eigenvalue weighted by Crippen LogP contribution is -2.43. The van der Waals surface area contributed by atoms with E-state index >= 15 is 0 Å². The van der Waals surface area contributed by atoms with Gasteiger partial charge < -0.3 is 14.2 Å². The first-order valence-corrected chi connectivity index (χ1v) is 11.9. The maximum atomic E-state index is 13.4. The van der Waals surface area contributed by atoms with Crippen molar-refractivity contribution in [1.82, 2.24) is 4.90 Å². The first-order valence-electron chi connectivity index (χ1n) is 11.9. The molecule has 1 aliphatic rings. The summed E-state index contributed by atoms with van der Waals surface area (Å²) in [5.74, 6) is 1.42. The fourth-order valence-electron chi connectivity index (χ4n) is 3.83. The minimum atomic E-state index is -0.572. The van der Waals surface area contributed by atoms with Crippen LogP contribution in [0.4, 0.5) is 0 Å². The second-order valence-corrected chi connectivity index (χ2v) is 8.97. The van der Waals surface area contributed by atoms with Crippen molar-refractivity contribution < 1.29 is 23.8 Å². The van der Waals surface area contributed by atoms with Gasteiger partial charge in [-0.1, -0.05) is 32.0 Å². The fourth-order valence-corrected chi connectivity index (χ4v) is 3.83. The van der Waals surface area contributed by atoms with Gasteiger partial charge in [-0.05, 0) is 72.7 Å². The third-order valence-corrected chi connectivity index (χ3v) is 6.06. The Morgan fingerprint density at radius 2 is 1.72 bits per heavy atom. The molecule has 0 saturated heterocycles. The number of benzene rings is 2. The van der Waals surface area contributed by atoms with Gasteiger partial charge in [-0.15, -0.1) is 0 Å². The molecule has 1 aliphatic heterocycles. The van der Waals surface area contributed by atoms with Crippen LogP contribution in [0, 0.1) is 17.2 Å². The van der Waals surface area contributed by atoms with E-state index in [0.29, 0.717) is 47.2 Å². The number of rotatable bonds is 10. The molecule has 2 amide bonds. The van der Waals surface area contributed by atoms with Crippen LogP contribution in [0.1, 0.15) is 38.3 Å². The van der Waals surface area contributed by atoms with E-state index in [1.54, 1.807) is 39.4 Å². The minimum Gasteiger partial charge on any atom is -0.497 e. The van der Waals surface area contributed by atoms with Crippen molar-refractivity contribution in [3.05, 3.63) is 70.3 Å². The van der Waals surface area contributed by atoms with Crippen LogP contribution in [0.5, 0.6) is 17.2 Å². The largest absolute Gasteiger partial charge is 0.497 e. The molecule has 7 nitrogen and oxygen atoms in total. The second-order valence-electron chi connectivity index (χ2n) is 8.97. The number of carbonyl (C=O) groups excluding carboxylic acids is 2. The minimum absolute atomic E-state index is 0.0313. The Bertz CT molecular complexity index is 1220. The summed E-state index contributed by atoms with van der Waals surface area (Å²) >= 11 is 0. The summed E-state index contributed by atoms with van der Waals surface area (Å²) < 4.78 is 16.5. The average molecular weight is 489 g/mol. The van der Waals surface area contributed by atoms with E-state index in [9.17, 15) is 14.9 Å². The molecule has 0 saturated carbocycles. The van der Waals surface area contributed by atoms with E-state index < -0.39 is 11.8 Å². The monoisotopic (exact) mass is 488 g/mol. The van der Waals surface area contributed by atoms with Crippen LogP contribution in [0.25, 0.3) is 6.08 Å². The topological polar surface area (TPSA) is 88.9 Å². The van der Waals surface area contributed by atoms with Crippen molar-refractivity contribution in [3.63, 3.8) is 0 Å². The maximum absolute atomic E-state index is 13.4. The lowest BCUT2D eigenvalue weighted by atomic mass is 9.93. The second kappa shape index (κ2) is 12.1. The van der Waals surface area contributed by atoms with Crippen LogP contribution >= 0.6 is 0 Å². The number of imide groups is 1. The Balaban J connectivity index is 1.87. The molecule has 0 aliphatic carbocycles. The van der Waals surface area contributed by atoms with Crippen LogP contribution in [-0.4, -0.2) is 44.1 Å². The molecule has 36 heavy (non-hydrogen) atoms. The summed E-state index contributed by atoms with van der Waals surface area (Å²) in [5, 5.41) is 9.66. The SMILES string of the molecule is COc1ccc(CCN2C(=O)C(C#N)=C(C)/C(=C\c3ccc(OCCC(C)C)c(OC)c3)C2=O)cc1. The predicted octanol–water partition coefficient (Wildman–Crippen LogP) is 4.96. The molecule has 2 aromatic rings. The van der Waals surface area contributed by atoms with E-state index in [2.05, 4.69) is 13.8 Å². The van der Waals surface area contributed by atoms with Gasteiger partial charge in [0.2, 0.25) is 0 Å². The number of nitriles is 1. The smallest absolute Gasteiger partial charge is 0.271 e. The molecule has 1 heterocycles.